The minimum absolute atomic E-state index is 0.223. The molecule has 0 saturated heterocycles. The summed E-state index contributed by atoms with van der Waals surface area (Å²) in [6.45, 7) is 8.20. The number of hydrogen-bond donors (Lipinski definition) is 1. The van der Waals surface area contributed by atoms with Gasteiger partial charge in [-0.05, 0) is 13.8 Å². The molecule has 0 aliphatic rings. The van der Waals surface area contributed by atoms with E-state index in [0.29, 0.717) is 18.3 Å². The van der Waals surface area contributed by atoms with Crippen LogP contribution in [0.1, 0.15) is 51.0 Å². The molecule has 0 spiro atoms. The average molecular weight is 250 g/mol. The lowest BCUT2D eigenvalue weighted by molar-refractivity contribution is 0.359. The number of nitrogens with zero attached hydrogens (tertiary/aromatic N) is 5. The van der Waals surface area contributed by atoms with Crippen molar-refractivity contribution in [2.75, 3.05) is 0 Å². The second-order valence-electron chi connectivity index (χ2n) is 5.23. The van der Waals surface area contributed by atoms with E-state index in [1.54, 1.807) is 10.9 Å². The maximum absolute atomic E-state index is 5.94. The highest BCUT2D eigenvalue weighted by Crippen LogP contribution is 2.14. The molecule has 2 N–H and O–H groups in total. The van der Waals surface area contributed by atoms with E-state index in [9.17, 15) is 0 Å². The van der Waals surface area contributed by atoms with E-state index >= 15 is 0 Å². The zero-order valence-corrected chi connectivity index (χ0v) is 11.1. The minimum atomic E-state index is -0.501. The third-order valence-electron chi connectivity index (χ3n) is 2.48. The van der Waals surface area contributed by atoms with Gasteiger partial charge >= 0.3 is 0 Å². The van der Waals surface area contributed by atoms with Gasteiger partial charge in [-0.1, -0.05) is 24.2 Å². The van der Waals surface area contributed by atoms with Crippen LogP contribution in [0.4, 0.5) is 0 Å². The summed E-state index contributed by atoms with van der Waals surface area (Å²) in [6.07, 6.45) is 1.80. The smallest absolute Gasteiger partial charge is 0.229 e. The maximum Gasteiger partial charge on any atom is 0.229 e. The summed E-state index contributed by atoms with van der Waals surface area (Å²) in [7, 11) is 0. The van der Waals surface area contributed by atoms with E-state index in [0.717, 1.165) is 5.69 Å². The molecule has 0 unspecified atom stereocenters. The Morgan fingerprint density at radius 2 is 2.17 bits per heavy atom. The van der Waals surface area contributed by atoms with E-state index in [-0.39, 0.29) is 5.92 Å². The van der Waals surface area contributed by atoms with Crippen molar-refractivity contribution in [3.05, 3.63) is 23.6 Å². The van der Waals surface area contributed by atoms with Crippen LogP contribution in [0, 0.1) is 0 Å². The number of hydrogen-bond acceptors (Lipinski definition) is 6. The van der Waals surface area contributed by atoms with Gasteiger partial charge in [0.05, 0.1) is 11.7 Å². The molecule has 0 amide bonds. The fourth-order valence-corrected chi connectivity index (χ4v) is 1.38. The van der Waals surface area contributed by atoms with Crippen molar-refractivity contribution in [3.63, 3.8) is 0 Å². The van der Waals surface area contributed by atoms with Gasteiger partial charge in [0.25, 0.3) is 0 Å². The third-order valence-corrected chi connectivity index (χ3v) is 2.48. The van der Waals surface area contributed by atoms with Gasteiger partial charge in [0.15, 0.2) is 5.82 Å². The summed E-state index contributed by atoms with van der Waals surface area (Å²) < 4.78 is 6.78. The second kappa shape index (κ2) is 4.49. The molecule has 2 aromatic heterocycles. The highest BCUT2D eigenvalue weighted by molar-refractivity contribution is 5.06. The molecular formula is C11H18N6O. The Morgan fingerprint density at radius 3 is 2.67 bits per heavy atom. The van der Waals surface area contributed by atoms with Gasteiger partial charge in [0, 0.05) is 5.92 Å². The summed E-state index contributed by atoms with van der Waals surface area (Å²) >= 11 is 0. The molecule has 0 aliphatic heterocycles. The van der Waals surface area contributed by atoms with Gasteiger partial charge < -0.3 is 10.3 Å². The highest BCUT2D eigenvalue weighted by atomic mass is 16.5. The van der Waals surface area contributed by atoms with E-state index in [1.807, 2.05) is 27.7 Å². The second-order valence-corrected chi connectivity index (χ2v) is 5.23. The molecule has 2 rings (SSSR count). The Morgan fingerprint density at radius 1 is 1.44 bits per heavy atom. The summed E-state index contributed by atoms with van der Waals surface area (Å²) in [5.41, 5.74) is 6.17. The Hall–Kier alpha value is -1.76. The molecule has 0 radical (unpaired) electrons. The maximum atomic E-state index is 5.94. The van der Waals surface area contributed by atoms with Crippen molar-refractivity contribution < 1.29 is 4.52 Å². The molecule has 7 nitrogen and oxygen atoms in total. The molecule has 0 atom stereocenters. The number of rotatable bonds is 4. The van der Waals surface area contributed by atoms with Crippen LogP contribution < -0.4 is 5.73 Å². The van der Waals surface area contributed by atoms with E-state index in [2.05, 4.69) is 20.5 Å². The first-order valence-corrected chi connectivity index (χ1v) is 5.88. The van der Waals surface area contributed by atoms with Crippen LogP contribution in [0.5, 0.6) is 0 Å². The van der Waals surface area contributed by atoms with Crippen LogP contribution in [0.25, 0.3) is 0 Å². The first kappa shape index (κ1) is 12.7. The van der Waals surface area contributed by atoms with Gasteiger partial charge in [-0.15, -0.1) is 5.10 Å². The molecule has 7 heteroatoms. The van der Waals surface area contributed by atoms with Crippen molar-refractivity contribution in [3.8, 4) is 0 Å². The molecule has 18 heavy (non-hydrogen) atoms. The third kappa shape index (κ3) is 2.73. The van der Waals surface area contributed by atoms with Gasteiger partial charge in [0.2, 0.25) is 5.89 Å². The van der Waals surface area contributed by atoms with Crippen molar-refractivity contribution in [1.29, 1.82) is 0 Å². The molecule has 2 aromatic rings. The largest absolute Gasteiger partial charge is 0.339 e. The lowest BCUT2D eigenvalue weighted by Crippen LogP contribution is -2.29. The molecule has 98 valence electrons. The summed E-state index contributed by atoms with van der Waals surface area (Å²) in [5.74, 6) is 1.44. The predicted molar refractivity (Wildman–Crippen MR) is 64.7 cm³/mol. The minimum Gasteiger partial charge on any atom is -0.339 e. The first-order valence-electron chi connectivity index (χ1n) is 5.88. The summed E-state index contributed by atoms with van der Waals surface area (Å²) in [4.78, 5) is 4.28. The van der Waals surface area contributed by atoms with Crippen LogP contribution in [0.2, 0.25) is 0 Å². The van der Waals surface area contributed by atoms with Gasteiger partial charge in [-0.25, -0.2) is 4.68 Å². The Balaban J connectivity index is 2.11. The molecule has 0 aromatic carbocycles. The average Bonchev–Trinajstić information content (AvgIpc) is 2.85. The standard InChI is InChI=1S/C11H18N6O/c1-7(2)10-13-9(15-18-10)6-17-5-8(14-16-17)11(3,4)12/h5,7H,6,12H2,1-4H3. The van der Waals surface area contributed by atoms with Crippen molar-refractivity contribution >= 4 is 0 Å². The summed E-state index contributed by atoms with van der Waals surface area (Å²) in [6, 6.07) is 0. The Labute approximate surface area is 105 Å². The lowest BCUT2D eigenvalue weighted by atomic mass is 10.0. The van der Waals surface area contributed by atoms with E-state index in [1.165, 1.54) is 0 Å². The predicted octanol–water partition coefficient (Wildman–Crippen LogP) is 1.03. The van der Waals surface area contributed by atoms with Crippen LogP contribution in [0.3, 0.4) is 0 Å². The zero-order chi connectivity index (χ0) is 13.3. The monoisotopic (exact) mass is 250 g/mol. The molecule has 0 saturated carbocycles. The molecule has 0 bridgehead atoms. The summed E-state index contributed by atoms with van der Waals surface area (Å²) in [5, 5.41) is 11.9. The first-order chi connectivity index (χ1) is 8.36. The normalized spacial score (nSPS) is 12.3. The van der Waals surface area contributed by atoms with Gasteiger partial charge in [-0.3, -0.25) is 0 Å². The Bertz CT molecular complexity index is 522. The van der Waals surface area contributed by atoms with Crippen LogP contribution in [0.15, 0.2) is 10.7 Å². The highest BCUT2D eigenvalue weighted by Gasteiger charge is 2.19. The zero-order valence-electron chi connectivity index (χ0n) is 11.1. The van der Waals surface area contributed by atoms with Crippen molar-refractivity contribution in [2.45, 2.75) is 45.7 Å². The fourth-order valence-electron chi connectivity index (χ4n) is 1.38. The lowest BCUT2D eigenvalue weighted by Gasteiger charge is -2.13. The SMILES string of the molecule is CC(C)c1nc(Cn2cc(C(C)(C)N)nn2)no1. The van der Waals surface area contributed by atoms with Crippen molar-refractivity contribution in [1.82, 2.24) is 25.1 Å². The van der Waals surface area contributed by atoms with Gasteiger partial charge in [0.1, 0.15) is 12.2 Å². The van der Waals surface area contributed by atoms with Gasteiger partial charge in [-0.2, -0.15) is 4.98 Å². The van der Waals surface area contributed by atoms with E-state index in [4.69, 9.17) is 10.3 Å². The quantitative estimate of drug-likeness (QED) is 0.870. The topological polar surface area (TPSA) is 95.7 Å². The molecule has 0 aliphatic carbocycles. The van der Waals surface area contributed by atoms with E-state index < -0.39 is 5.54 Å². The molecular weight excluding hydrogens is 232 g/mol. The van der Waals surface area contributed by atoms with Crippen LogP contribution >= 0.6 is 0 Å². The number of aromatic nitrogens is 5. The van der Waals surface area contributed by atoms with Crippen LogP contribution in [-0.2, 0) is 12.1 Å². The Kier molecular flexibility index (Phi) is 3.16. The van der Waals surface area contributed by atoms with Crippen LogP contribution in [-0.4, -0.2) is 25.1 Å². The molecule has 2 heterocycles. The molecule has 0 fully saturated rings. The fraction of sp³-hybridized carbons (Fsp3) is 0.636. The van der Waals surface area contributed by atoms with Crippen molar-refractivity contribution in [2.24, 2.45) is 5.73 Å². The number of nitrogens with two attached hydrogens (primary N) is 1.